The van der Waals surface area contributed by atoms with Crippen molar-refractivity contribution in [2.75, 3.05) is 13.2 Å². The molecule has 154 valence electrons. The van der Waals surface area contributed by atoms with Gasteiger partial charge in [-0.1, -0.05) is 66.2 Å². The molecule has 2 unspecified atom stereocenters. The van der Waals surface area contributed by atoms with Gasteiger partial charge < -0.3 is 15.2 Å². The average molecular weight is 425 g/mol. The number of β-amino-alcohol motifs (C(OH)–C–C–N with tert-alkyl or cyclic N) is 1. The highest BCUT2D eigenvalue weighted by molar-refractivity contribution is 6.32. The zero-order chi connectivity index (χ0) is 21.3. The normalized spacial score (nSPS) is 19.8. The number of benzene rings is 3. The summed E-state index contributed by atoms with van der Waals surface area (Å²) in [6.07, 6.45) is -1.06. The van der Waals surface area contributed by atoms with Gasteiger partial charge in [-0.15, -0.1) is 0 Å². The Balaban J connectivity index is 1.51. The SMILES string of the molecule is CC1(c2cccc3ccccc23)NC(=O)N(CC(O)COc2ccccc2Cl)C1=O. The van der Waals surface area contributed by atoms with Crippen LogP contribution in [0.15, 0.2) is 66.7 Å². The molecule has 6 nitrogen and oxygen atoms in total. The largest absolute Gasteiger partial charge is 0.489 e. The van der Waals surface area contributed by atoms with Gasteiger partial charge in [0.1, 0.15) is 24.0 Å². The molecule has 1 aliphatic heterocycles. The van der Waals surface area contributed by atoms with Crippen LogP contribution >= 0.6 is 11.6 Å². The summed E-state index contributed by atoms with van der Waals surface area (Å²) in [4.78, 5) is 26.8. The maximum Gasteiger partial charge on any atom is 0.325 e. The van der Waals surface area contributed by atoms with Crippen molar-refractivity contribution >= 4 is 34.3 Å². The first-order valence-corrected chi connectivity index (χ1v) is 9.95. The lowest BCUT2D eigenvalue weighted by molar-refractivity contribution is -0.132. The van der Waals surface area contributed by atoms with E-state index in [0.29, 0.717) is 16.3 Å². The van der Waals surface area contributed by atoms with Gasteiger partial charge in [-0.25, -0.2) is 4.79 Å². The summed E-state index contributed by atoms with van der Waals surface area (Å²) in [5, 5.41) is 15.4. The number of nitrogens with zero attached hydrogens (tertiary/aromatic N) is 1. The third kappa shape index (κ3) is 3.60. The molecule has 0 aromatic heterocycles. The highest BCUT2D eigenvalue weighted by Gasteiger charge is 2.49. The fraction of sp³-hybridized carbons (Fsp3) is 0.217. The van der Waals surface area contributed by atoms with Crippen LogP contribution in [0.1, 0.15) is 12.5 Å². The Morgan fingerprint density at radius 2 is 1.77 bits per heavy atom. The van der Waals surface area contributed by atoms with E-state index in [1.807, 2.05) is 42.5 Å². The molecule has 0 spiro atoms. The first-order valence-electron chi connectivity index (χ1n) is 9.58. The van der Waals surface area contributed by atoms with Gasteiger partial charge in [0.15, 0.2) is 0 Å². The molecule has 3 aromatic carbocycles. The predicted molar refractivity (Wildman–Crippen MR) is 114 cm³/mol. The third-order valence-electron chi connectivity index (χ3n) is 5.26. The Labute approximate surface area is 179 Å². The average Bonchev–Trinajstić information content (AvgIpc) is 2.96. The van der Waals surface area contributed by atoms with Gasteiger partial charge in [0.2, 0.25) is 0 Å². The summed E-state index contributed by atoms with van der Waals surface area (Å²) < 4.78 is 5.52. The van der Waals surface area contributed by atoms with Crippen molar-refractivity contribution < 1.29 is 19.4 Å². The molecule has 7 heteroatoms. The topological polar surface area (TPSA) is 78.9 Å². The van der Waals surface area contributed by atoms with E-state index in [-0.39, 0.29) is 13.2 Å². The van der Waals surface area contributed by atoms with Crippen LogP contribution in [0, 0.1) is 0 Å². The monoisotopic (exact) mass is 424 g/mol. The molecule has 1 aliphatic rings. The van der Waals surface area contributed by atoms with Gasteiger partial charge in [-0.05, 0) is 35.4 Å². The Morgan fingerprint density at radius 3 is 2.57 bits per heavy atom. The molecule has 0 bridgehead atoms. The van der Waals surface area contributed by atoms with Crippen LogP contribution < -0.4 is 10.1 Å². The molecular weight excluding hydrogens is 404 g/mol. The minimum atomic E-state index is -1.22. The lowest BCUT2D eigenvalue weighted by Crippen LogP contribution is -2.43. The van der Waals surface area contributed by atoms with Crippen LogP contribution in [-0.2, 0) is 10.3 Å². The van der Waals surface area contributed by atoms with Crippen LogP contribution in [0.5, 0.6) is 5.75 Å². The number of carbonyl (C=O) groups excluding carboxylic acids is 2. The summed E-state index contributed by atoms with van der Waals surface area (Å²) in [5.74, 6) is 0.0108. The molecule has 3 amide bonds. The van der Waals surface area contributed by atoms with Gasteiger partial charge in [-0.2, -0.15) is 0 Å². The van der Waals surface area contributed by atoms with Crippen molar-refractivity contribution in [2.45, 2.75) is 18.6 Å². The molecule has 0 saturated carbocycles. The smallest absolute Gasteiger partial charge is 0.325 e. The Kier molecular flexibility index (Phi) is 5.37. The molecule has 1 heterocycles. The van der Waals surface area contributed by atoms with Crippen molar-refractivity contribution in [1.82, 2.24) is 10.2 Å². The number of hydrogen-bond acceptors (Lipinski definition) is 4. The molecule has 2 atom stereocenters. The summed E-state index contributed by atoms with van der Waals surface area (Å²) in [7, 11) is 0. The van der Waals surface area contributed by atoms with Crippen molar-refractivity contribution in [2.24, 2.45) is 0 Å². The molecule has 1 fully saturated rings. The van der Waals surface area contributed by atoms with E-state index >= 15 is 0 Å². The fourth-order valence-electron chi connectivity index (χ4n) is 3.72. The summed E-state index contributed by atoms with van der Waals surface area (Å²) in [6.45, 7) is 1.39. The van der Waals surface area contributed by atoms with Crippen molar-refractivity contribution in [3.05, 3.63) is 77.3 Å². The number of imide groups is 1. The number of hydrogen-bond donors (Lipinski definition) is 2. The second kappa shape index (κ2) is 7.97. The molecule has 30 heavy (non-hydrogen) atoms. The number of carbonyl (C=O) groups is 2. The fourth-order valence-corrected chi connectivity index (χ4v) is 3.91. The molecule has 3 aromatic rings. The molecule has 1 saturated heterocycles. The minimum Gasteiger partial charge on any atom is -0.489 e. The summed E-state index contributed by atoms with van der Waals surface area (Å²) in [5.41, 5.74) is -0.510. The zero-order valence-electron chi connectivity index (χ0n) is 16.3. The molecule has 2 N–H and O–H groups in total. The lowest BCUT2D eigenvalue weighted by atomic mass is 9.88. The van der Waals surface area contributed by atoms with E-state index in [4.69, 9.17) is 16.3 Å². The number of urea groups is 1. The molecular formula is C23H21ClN2O4. The number of rotatable bonds is 6. The summed E-state index contributed by atoms with van der Waals surface area (Å²) >= 11 is 6.04. The number of para-hydroxylation sites is 1. The molecule has 4 rings (SSSR count). The molecule has 0 aliphatic carbocycles. The quantitative estimate of drug-likeness (QED) is 0.591. The number of halogens is 1. The highest BCUT2D eigenvalue weighted by Crippen LogP contribution is 2.34. The first kappa shape index (κ1) is 20.2. The first-order chi connectivity index (χ1) is 14.4. The van der Waals surface area contributed by atoms with E-state index in [1.54, 1.807) is 31.2 Å². The maximum atomic E-state index is 13.2. The minimum absolute atomic E-state index is 0.105. The van der Waals surface area contributed by atoms with E-state index in [9.17, 15) is 14.7 Å². The Hall–Kier alpha value is -3.09. The van der Waals surface area contributed by atoms with E-state index in [2.05, 4.69) is 5.32 Å². The zero-order valence-corrected chi connectivity index (χ0v) is 17.1. The lowest BCUT2D eigenvalue weighted by Gasteiger charge is -2.24. The van der Waals surface area contributed by atoms with E-state index in [0.717, 1.165) is 15.7 Å². The van der Waals surface area contributed by atoms with E-state index < -0.39 is 23.6 Å². The van der Waals surface area contributed by atoms with E-state index in [1.165, 1.54) is 0 Å². The third-order valence-corrected chi connectivity index (χ3v) is 5.58. The summed E-state index contributed by atoms with van der Waals surface area (Å²) in [6, 6.07) is 19.7. The number of amides is 3. The van der Waals surface area contributed by atoms with Gasteiger partial charge in [0.05, 0.1) is 11.6 Å². The molecule has 0 radical (unpaired) electrons. The standard InChI is InChI=1S/C23H21ClN2O4/c1-23(18-10-6-8-15-7-2-3-9-17(15)18)21(28)26(22(29)25-23)13-16(27)14-30-20-12-5-4-11-19(20)24/h2-12,16,27H,13-14H2,1H3,(H,25,29). The van der Waals surface area contributed by atoms with Gasteiger partial charge in [0.25, 0.3) is 5.91 Å². The van der Waals surface area contributed by atoms with Crippen LogP contribution in [0.25, 0.3) is 10.8 Å². The maximum absolute atomic E-state index is 13.2. The Morgan fingerprint density at radius 1 is 1.07 bits per heavy atom. The second-order valence-electron chi connectivity index (χ2n) is 7.39. The number of ether oxygens (including phenoxy) is 1. The van der Waals surface area contributed by atoms with Crippen molar-refractivity contribution in [1.29, 1.82) is 0 Å². The Bertz CT molecular complexity index is 1110. The number of nitrogens with one attached hydrogen (secondary N) is 1. The number of aliphatic hydroxyl groups excluding tert-OH is 1. The predicted octanol–water partition coefficient (Wildman–Crippen LogP) is 3.70. The van der Waals surface area contributed by atoms with Crippen LogP contribution in [0.2, 0.25) is 5.02 Å². The number of fused-ring (bicyclic) bond motifs is 1. The second-order valence-corrected chi connectivity index (χ2v) is 7.80. The van der Waals surface area contributed by atoms with Crippen LogP contribution in [0.4, 0.5) is 4.79 Å². The highest BCUT2D eigenvalue weighted by atomic mass is 35.5. The number of aliphatic hydroxyl groups is 1. The van der Waals surface area contributed by atoms with Gasteiger partial charge in [0, 0.05) is 0 Å². The van der Waals surface area contributed by atoms with Crippen molar-refractivity contribution in [3.8, 4) is 5.75 Å². The van der Waals surface area contributed by atoms with Gasteiger partial charge in [-0.3, -0.25) is 9.69 Å². The van der Waals surface area contributed by atoms with Crippen LogP contribution in [0.3, 0.4) is 0 Å². The van der Waals surface area contributed by atoms with Crippen molar-refractivity contribution in [3.63, 3.8) is 0 Å². The van der Waals surface area contributed by atoms with Gasteiger partial charge >= 0.3 is 6.03 Å². The van der Waals surface area contributed by atoms with Crippen LogP contribution in [-0.4, -0.2) is 41.2 Å².